The van der Waals surface area contributed by atoms with Crippen LogP contribution in [0.3, 0.4) is 0 Å². The van der Waals surface area contributed by atoms with E-state index in [0.29, 0.717) is 5.69 Å². The Morgan fingerprint density at radius 1 is 1.08 bits per heavy atom. The predicted octanol–water partition coefficient (Wildman–Crippen LogP) is 0.964. The van der Waals surface area contributed by atoms with Crippen LogP contribution in [-0.4, -0.2) is 40.9 Å². The van der Waals surface area contributed by atoms with Gasteiger partial charge >= 0.3 is 0 Å². The SMILES string of the molecule is O=C1CCC(N2C(=O)c3cccc(N4C=CC=CN=C4)c3C2=O)C(=O)N1. The molecule has 3 aliphatic rings. The summed E-state index contributed by atoms with van der Waals surface area (Å²) in [5.74, 6) is -2.11. The second kappa shape index (κ2) is 6.07. The second-order valence-electron chi connectivity index (χ2n) is 6.00. The average molecular weight is 350 g/mol. The maximum absolute atomic E-state index is 13.0. The summed E-state index contributed by atoms with van der Waals surface area (Å²) in [6.07, 6.45) is 8.55. The van der Waals surface area contributed by atoms with E-state index in [1.165, 1.54) is 6.34 Å². The first-order chi connectivity index (χ1) is 12.6. The topological polar surface area (TPSA) is 99.2 Å². The fourth-order valence-corrected chi connectivity index (χ4v) is 3.25. The molecule has 1 atom stereocenters. The highest BCUT2D eigenvalue weighted by Crippen LogP contribution is 2.34. The maximum Gasteiger partial charge on any atom is 0.264 e. The maximum atomic E-state index is 13.0. The van der Waals surface area contributed by atoms with E-state index in [2.05, 4.69) is 10.3 Å². The number of amides is 4. The minimum absolute atomic E-state index is 0.0872. The van der Waals surface area contributed by atoms with Crippen LogP contribution in [0.15, 0.2) is 47.7 Å². The smallest absolute Gasteiger partial charge is 0.264 e. The summed E-state index contributed by atoms with van der Waals surface area (Å²) in [4.78, 5) is 56.0. The number of imide groups is 2. The summed E-state index contributed by atoms with van der Waals surface area (Å²) in [5.41, 5.74) is 0.954. The normalized spacial score (nSPS) is 21.9. The van der Waals surface area contributed by atoms with E-state index in [1.54, 1.807) is 47.7 Å². The molecule has 0 aromatic heterocycles. The molecule has 4 amide bonds. The number of carbonyl (C=O) groups is 4. The molecule has 1 fully saturated rings. The lowest BCUT2D eigenvalue weighted by Gasteiger charge is -2.28. The van der Waals surface area contributed by atoms with Crippen molar-refractivity contribution in [1.29, 1.82) is 0 Å². The third kappa shape index (κ3) is 2.43. The number of anilines is 1. The molecule has 0 saturated carbocycles. The Labute approximate surface area is 148 Å². The van der Waals surface area contributed by atoms with Gasteiger partial charge in [-0.1, -0.05) is 6.07 Å². The molecule has 0 aliphatic carbocycles. The molecule has 1 aromatic rings. The van der Waals surface area contributed by atoms with Gasteiger partial charge in [0.05, 0.1) is 23.2 Å². The van der Waals surface area contributed by atoms with Crippen molar-refractivity contribution in [2.24, 2.45) is 4.99 Å². The van der Waals surface area contributed by atoms with Gasteiger partial charge in [0, 0.05) is 18.8 Å². The number of nitrogens with one attached hydrogen (secondary N) is 1. The van der Waals surface area contributed by atoms with E-state index in [4.69, 9.17) is 0 Å². The third-order valence-corrected chi connectivity index (χ3v) is 4.45. The molecule has 130 valence electrons. The van der Waals surface area contributed by atoms with Gasteiger partial charge < -0.3 is 4.90 Å². The van der Waals surface area contributed by atoms with Crippen LogP contribution < -0.4 is 10.2 Å². The number of nitrogens with zero attached hydrogens (tertiary/aromatic N) is 3. The lowest BCUT2D eigenvalue weighted by molar-refractivity contribution is -0.136. The van der Waals surface area contributed by atoms with Gasteiger partial charge in [-0.15, -0.1) is 0 Å². The van der Waals surface area contributed by atoms with E-state index in [0.717, 1.165) is 4.90 Å². The molecule has 0 radical (unpaired) electrons. The molecular formula is C18H14N4O4. The summed E-state index contributed by atoms with van der Waals surface area (Å²) >= 11 is 0. The molecule has 0 bridgehead atoms. The van der Waals surface area contributed by atoms with Gasteiger partial charge in [-0.2, -0.15) is 0 Å². The lowest BCUT2D eigenvalue weighted by atomic mass is 10.0. The number of allylic oxidation sites excluding steroid dienone is 2. The number of benzene rings is 1. The zero-order valence-electron chi connectivity index (χ0n) is 13.6. The highest BCUT2D eigenvalue weighted by molar-refractivity contribution is 6.26. The Kier molecular flexibility index (Phi) is 3.72. The van der Waals surface area contributed by atoms with Crippen LogP contribution in [0, 0.1) is 0 Å². The first-order valence-corrected chi connectivity index (χ1v) is 8.07. The van der Waals surface area contributed by atoms with Crippen molar-refractivity contribution < 1.29 is 19.2 Å². The largest absolute Gasteiger partial charge is 0.307 e. The Balaban J connectivity index is 1.74. The first kappa shape index (κ1) is 15.9. The molecule has 8 heteroatoms. The third-order valence-electron chi connectivity index (χ3n) is 4.45. The first-order valence-electron chi connectivity index (χ1n) is 8.07. The quantitative estimate of drug-likeness (QED) is 0.801. The van der Waals surface area contributed by atoms with Gasteiger partial charge in [0.2, 0.25) is 11.8 Å². The summed E-state index contributed by atoms with van der Waals surface area (Å²) in [7, 11) is 0. The summed E-state index contributed by atoms with van der Waals surface area (Å²) < 4.78 is 0. The number of rotatable bonds is 2. The average Bonchev–Trinajstić information content (AvgIpc) is 2.82. The van der Waals surface area contributed by atoms with Gasteiger partial charge in [-0.05, 0) is 30.7 Å². The van der Waals surface area contributed by atoms with Gasteiger partial charge in [-0.25, -0.2) is 4.99 Å². The summed E-state index contributed by atoms with van der Waals surface area (Å²) in [6.45, 7) is 0. The molecule has 8 nitrogen and oxygen atoms in total. The molecule has 1 aromatic carbocycles. The summed E-state index contributed by atoms with van der Waals surface area (Å²) in [5, 5.41) is 2.19. The van der Waals surface area contributed by atoms with E-state index in [9.17, 15) is 19.2 Å². The van der Waals surface area contributed by atoms with Crippen molar-refractivity contribution in [2.75, 3.05) is 4.90 Å². The van der Waals surface area contributed by atoms with Gasteiger partial charge in [-0.3, -0.25) is 29.4 Å². The number of carbonyl (C=O) groups excluding carboxylic acids is 4. The van der Waals surface area contributed by atoms with Crippen LogP contribution >= 0.6 is 0 Å². The molecule has 0 spiro atoms. The second-order valence-corrected chi connectivity index (χ2v) is 6.00. The van der Waals surface area contributed by atoms with Crippen molar-refractivity contribution in [3.05, 3.63) is 53.9 Å². The van der Waals surface area contributed by atoms with Crippen molar-refractivity contribution in [2.45, 2.75) is 18.9 Å². The minimum atomic E-state index is -0.983. The molecule has 1 unspecified atom stereocenters. The van der Waals surface area contributed by atoms with Crippen LogP contribution in [0.5, 0.6) is 0 Å². The number of piperidine rings is 1. The van der Waals surface area contributed by atoms with Gasteiger partial charge in [0.15, 0.2) is 0 Å². The molecule has 3 heterocycles. The fourth-order valence-electron chi connectivity index (χ4n) is 3.25. The minimum Gasteiger partial charge on any atom is -0.307 e. The Morgan fingerprint density at radius 3 is 2.73 bits per heavy atom. The molecule has 3 aliphatic heterocycles. The zero-order valence-corrected chi connectivity index (χ0v) is 13.6. The molecule has 1 N–H and O–H groups in total. The van der Waals surface area contributed by atoms with Gasteiger partial charge in [0.25, 0.3) is 11.8 Å². The van der Waals surface area contributed by atoms with E-state index < -0.39 is 29.7 Å². The highest BCUT2D eigenvalue weighted by Gasteiger charge is 2.45. The number of fused-ring (bicyclic) bond motifs is 1. The van der Waals surface area contributed by atoms with Crippen LogP contribution in [0.1, 0.15) is 33.6 Å². The van der Waals surface area contributed by atoms with Crippen LogP contribution in [-0.2, 0) is 9.59 Å². The van der Waals surface area contributed by atoms with Crippen LogP contribution in [0.4, 0.5) is 5.69 Å². The Bertz CT molecular complexity index is 915. The van der Waals surface area contributed by atoms with Crippen molar-refractivity contribution in [3.8, 4) is 0 Å². The van der Waals surface area contributed by atoms with Crippen molar-refractivity contribution in [3.63, 3.8) is 0 Å². The van der Waals surface area contributed by atoms with E-state index >= 15 is 0 Å². The zero-order chi connectivity index (χ0) is 18.3. The summed E-state index contributed by atoms with van der Waals surface area (Å²) in [6, 6.07) is 3.96. The Hall–Kier alpha value is -3.55. The van der Waals surface area contributed by atoms with Gasteiger partial charge in [0.1, 0.15) is 6.04 Å². The number of aliphatic imine (C=N–C) groups is 1. The van der Waals surface area contributed by atoms with Crippen LogP contribution in [0.2, 0.25) is 0 Å². The number of hydrogen-bond acceptors (Lipinski definition) is 6. The van der Waals surface area contributed by atoms with E-state index in [-0.39, 0.29) is 24.0 Å². The van der Waals surface area contributed by atoms with E-state index in [1.807, 2.05) is 0 Å². The molecule has 1 saturated heterocycles. The molecule has 26 heavy (non-hydrogen) atoms. The Morgan fingerprint density at radius 2 is 1.92 bits per heavy atom. The number of hydrogen-bond donors (Lipinski definition) is 1. The highest BCUT2D eigenvalue weighted by atomic mass is 16.2. The molecule has 4 rings (SSSR count). The van der Waals surface area contributed by atoms with Crippen LogP contribution in [0.25, 0.3) is 0 Å². The van der Waals surface area contributed by atoms with Crippen molar-refractivity contribution >= 4 is 35.7 Å². The van der Waals surface area contributed by atoms with Crippen molar-refractivity contribution in [1.82, 2.24) is 10.2 Å². The molecular weight excluding hydrogens is 336 g/mol. The standard InChI is InChI=1S/C18H14N4O4/c23-14-7-6-13(16(24)20-14)22-17(25)11-4-3-5-12(15(11)18(22)26)21-9-2-1-8-19-10-21/h1-5,8-10,13H,6-7H2,(H,20,23,24). The predicted molar refractivity (Wildman–Crippen MR) is 92.4 cm³/mol. The lowest BCUT2D eigenvalue weighted by Crippen LogP contribution is -2.54. The fraction of sp³-hybridized carbons (Fsp3) is 0.167. The monoisotopic (exact) mass is 350 g/mol.